The second-order valence-electron chi connectivity index (χ2n) is 9.07. The largest absolute Gasteiger partial charge is 2.00 e. The smallest absolute Gasteiger partial charge is 0.876 e. The molecule has 0 unspecified atom stereocenters. The molecule has 9 heteroatoms. The summed E-state index contributed by atoms with van der Waals surface area (Å²) in [4.78, 5) is 26.1. The van der Waals surface area contributed by atoms with Crippen molar-refractivity contribution in [1.82, 2.24) is 5.32 Å². The Morgan fingerprint density at radius 3 is 1.90 bits per heavy atom. The van der Waals surface area contributed by atoms with E-state index in [-0.39, 0.29) is 59.7 Å². The van der Waals surface area contributed by atoms with Crippen LogP contribution in [0.4, 0.5) is 0 Å². The molecular weight excluding hydrogens is 534 g/mol. The number of rotatable bonds is 4. The van der Waals surface area contributed by atoms with Gasteiger partial charge in [0.1, 0.15) is 0 Å². The van der Waals surface area contributed by atoms with E-state index in [4.69, 9.17) is 23.2 Å². The Bertz CT molecular complexity index is 697. The Kier molecular flexibility index (Phi) is 18.4. The molecule has 31 heavy (non-hydrogen) atoms. The first kappa shape index (κ1) is 34.5. The van der Waals surface area contributed by atoms with E-state index in [1.165, 1.54) is 13.8 Å². The van der Waals surface area contributed by atoms with E-state index in [2.05, 4.69) is 51.9 Å². The SMILES string of the molecule is CC(=O)/C=C(/C)[O-].CC(C)(C)CN=C1C=C(NCC(C)(C)C)C(=O)C=C1[O-].ClCCl.[Pd+2]. The Morgan fingerprint density at radius 1 is 1.10 bits per heavy atom. The summed E-state index contributed by atoms with van der Waals surface area (Å²) in [7, 11) is 0. The Labute approximate surface area is 210 Å². The van der Waals surface area contributed by atoms with E-state index >= 15 is 0 Å². The molecule has 0 spiro atoms. The van der Waals surface area contributed by atoms with Gasteiger partial charge < -0.3 is 15.5 Å². The molecule has 0 aromatic rings. The molecule has 180 valence electrons. The third-order valence-electron chi connectivity index (χ3n) is 3.00. The second kappa shape index (κ2) is 16.5. The average molecular weight is 568 g/mol. The summed E-state index contributed by atoms with van der Waals surface area (Å²) in [6.07, 6.45) is 3.74. The summed E-state index contributed by atoms with van der Waals surface area (Å²) in [5.74, 6) is -0.950. The van der Waals surface area contributed by atoms with Crippen molar-refractivity contribution >= 4 is 40.5 Å². The van der Waals surface area contributed by atoms with Gasteiger partial charge in [-0.3, -0.25) is 14.6 Å². The van der Waals surface area contributed by atoms with Gasteiger partial charge in [0.15, 0.2) is 5.78 Å². The summed E-state index contributed by atoms with van der Waals surface area (Å²) in [6.45, 7) is 16.3. The van der Waals surface area contributed by atoms with E-state index in [1.807, 2.05) is 0 Å². The van der Waals surface area contributed by atoms with Gasteiger partial charge in [-0.15, -0.1) is 29.0 Å². The van der Waals surface area contributed by atoms with E-state index in [0.29, 0.717) is 24.5 Å². The molecule has 0 saturated heterocycles. The predicted octanol–water partition coefficient (Wildman–Crippen LogP) is 3.08. The van der Waals surface area contributed by atoms with Crippen molar-refractivity contribution in [2.75, 3.05) is 18.4 Å². The minimum atomic E-state index is -0.305. The van der Waals surface area contributed by atoms with Crippen molar-refractivity contribution in [1.29, 1.82) is 0 Å². The molecule has 1 aliphatic carbocycles. The number of ketones is 2. The van der Waals surface area contributed by atoms with Crippen LogP contribution in [0.2, 0.25) is 0 Å². The zero-order chi connectivity index (χ0) is 24.1. The normalized spacial score (nSPS) is 15.4. The van der Waals surface area contributed by atoms with Crippen LogP contribution in [0.3, 0.4) is 0 Å². The summed E-state index contributed by atoms with van der Waals surface area (Å²) in [5, 5.41) is 25.1. The zero-order valence-electron chi connectivity index (χ0n) is 19.5. The standard InChI is InChI=1S/C16H26N2O2.C5H8O2.CH2Cl2.Pd/c1-15(2,3)9-17-11-7-12(14(20)8-13(11)19)18-10-16(4,5)6;1-4(6)3-5(2)7;2-1-3;/h7-8,17,20H,9-10H2,1-6H3;3,6H,1-2H3;1H2;/q;;;+2/p-2/b;4-3-;;. The van der Waals surface area contributed by atoms with Crippen molar-refractivity contribution < 1.29 is 40.2 Å². The third kappa shape index (κ3) is 21.9. The monoisotopic (exact) mass is 566 g/mol. The fourth-order valence-electron chi connectivity index (χ4n) is 1.78. The quantitative estimate of drug-likeness (QED) is 0.185. The molecule has 0 aromatic heterocycles. The topological polar surface area (TPSA) is 105 Å². The second-order valence-corrected chi connectivity index (χ2v) is 9.88. The van der Waals surface area contributed by atoms with Crippen LogP contribution in [0.15, 0.2) is 40.4 Å². The Hall–Kier alpha value is -1.13. The van der Waals surface area contributed by atoms with Gasteiger partial charge in [-0.2, -0.15) is 0 Å². The summed E-state index contributed by atoms with van der Waals surface area (Å²) < 4.78 is 0. The van der Waals surface area contributed by atoms with Gasteiger partial charge in [-0.1, -0.05) is 54.2 Å². The van der Waals surface area contributed by atoms with Gasteiger partial charge in [0.2, 0.25) is 5.78 Å². The first-order chi connectivity index (χ1) is 13.5. The maximum atomic E-state index is 11.8. The van der Waals surface area contributed by atoms with E-state index in [0.717, 1.165) is 12.2 Å². The van der Waals surface area contributed by atoms with Gasteiger partial charge in [0.25, 0.3) is 0 Å². The fraction of sp³-hybridized carbons (Fsp3) is 0.591. The summed E-state index contributed by atoms with van der Waals surface area (Å²) in [5.41, 5.74) is 0.885. The number of aliphatic imine (C=N–C) groups is 1. The van der Waals surface area contributed by atoms with E-state index in [1.54, 1.807) is 6.08 Å². The fourth-order valence-corrected chi connectivity index (χ4v) is 1.78. The van der Waals surface area contributed by atoms with Crippen LogP contribution in [0.25, 0.3) is 0 Å². The number of allylic oxidation sites excluding steroid dienone is 4. The molecule has 1 N–H and O–H groups in total. The maximum Gasteiger partial charge on any atom is 2.00 e. The molecule has 6 nitrogen and oxygen atoms in total. The van der Waals surface area contributed by atoms with Crippen LogP contribution >= 0.6 is 23.2 Å². The Balaban J connectivity index is -0.000000599. The number of carbonyl (C=O) groups excluding carboxylic acids is 2. The predicted molar refractivity (Wildman–Crippen MR) is 121 cm³/mol. The molecule has 0 saturated carbocycles. The van der Waals surface area contributed by atoms with Crippen LogP contribution in [0.1, 0.15) is 55.4 Å². The number of nitrogens with zero attached hydrogens (tertiary/aromatic N) is 1. The van der Waals surface area contributed by atoms with E-state index in [9.17, 15) is 19.8 Å². The van der Waals surface area contributed by atoms with Gasteiger partial charge in [0.05, 0.1) is 16.7 Å². The molecular formula is C22H34Cl2N2O4Pd. The number of hydrogen-bond acceptors (Lipinski definition) is 6. The summed E-state index contributed by atoms with van der Waals surface area (Å²) in [6, 6.07) is 0. The molecule has 0 atom stereocenters. The molecule has 0 aromatic carbocycles. The minimum Gasteiger partial charge on any atom is -0.876 e. The first-order valence-electron chi connectivity index (χ1n) is 9.43. The molecule has 1 rings (SSSR count). The van der Waals surface area contributed by atoms with Crippen molar-refractivity contribution in [3.63, 3.8) is 0 Å². The first-order valence-corrected chi connectivity index (χ1v) is 10.5. The molecule has 0 radical (unpaired) electrons. The molecule has 0 bridgehead atoms. The average Bonchev–Trinajstić information content (AvgIpc) is 2.51. The van der Waals surface area contributed by atoms with Crippen molar-refractivity contribution in [3.05, 3.63) is 35.4 Å². The summed E-state index contributed by atoms with van der Waals surface area (Å²) >= 11 is 9.53. The van der Waals surface area contributed by atoms with Crippen molar-refractivity contribution in [3.8, 4) is 0 Å². The van der Waals surface area contributed by atoms with Crippen molar-refractivity contribution in [2.45, 2.75) is 55.4 Å². The number of nitrogens with one attached hydrogen (secondary N) is 1. The zero-order valence-corrected chi connectivity index (χ0v) is 22.6. The number of hydrogen-bond donors (Lipinski definition) is 1. The van der Waals surface area contributed by atoms with E-state index < -0.39 is 0 Å². The molecule has 0 amide bonds. The minimum absolute atomic E-state index is 0. The number of alkyl halides is 2. The van der Waals surface area contributed by atoms with Gasteiger partial charge in [-0.25, -0.2) is 0 Å². The van der Waals surface area contributed by atoms with Crippen LogP contribution in [-0.4, -0.2) is 35.7 Å². The molecule has 0 aliphatic heterocycles. The Morgan fingerprint density at radius 2 is 1.58 bits per heavy atom. The molecule has 0 fully saturated rings. The van der Waals surface area contributed by atoms with Crippen LogP contribution < -0.4 is 15.5 Å². The number of halogens is 2. The van der Waals surface area contributed by atoms with Gasteiger partial charge in [0, 0.05) is 13.1 Å². The molecule has 1 aliphatic rings. The third-order valence-corrected chi connectivity index (χ3v) is 3.00. The van der Waals surface area contributed by atoms with Gasteiger partial charge in [-0.05, 0) is 36.0 Å². The van der Waals surface area contributed by atoms with Crippen LogP contribution in [0, 0.1) is 10.8 Å². The molecule has 0 heterocycles. The number of carbonyl (C=O) groups is 2. The van der Waals surface area contributed by atoms with Crippen molar-refractivity contribution in [2.24, 2.45) is 15.8 Å². The van der Waals surface area contributed by atoms with Crippen LogP contribution in [0.5, 0.6) is 0 Å². The maximum absolute atomic E-state index is 11.8. The van der Waals surface area contributed by atoms with Gasteiger partial charge >= 0.3 is 20.4 Å². The van der Waals surface area contributed by atoms with Crippen LogP contribution in [-0.2, 0) is 30.0 Å².